The number of amides is 2. The fraction of sp³-hybridized carbons (Fsp3) is 0.353. The van der Waals surface area contributed by atoms with Crippen molar-refractivity contribution in [2.75, 3.05) is 13.7 Å². The van der Waals surface area contributed by atoms with Gasteiger partial charge in [-0.05, 0) is 36.8 Å². The molecule has 1 fully saturated rings. The zero-order valence-corrected chi connectivity index (χ0v) is 14.0. The summed E-state index contributed by atoms with van der Waals surface area (Å²) < 4.78 is 20.0. The maximum atomic E-state index is 13.2. The second-order valence-electron chi connectivity index (χ2n) is 6.05. The summed E-state index contributed by atoms with van der Waals surface area (Å²) >= 11 is 0. The Morgan fingerprint density at radius 2 is 2.12 bits per heavy atom. The number of halogens is 1. The lowest BCUT2D eigenvalue weighted by atomic mass is 10.2. The van der Waals surface area contributed by atoms with E-state index in [4.69, 9.17) is 10.5 Å². The predicted molar refractivity (Wildman–Crippen MR) is 87.7 cm³/mol. The number of likely N-dealkylation sites (tertiary alicyclic amines) is 1. The van der Waals surface area contributed by atoms with Gasteiger partial charge in [0.25, 0.3) is 5.91 Å². The molecule has 0 saturated carbocycles. The average Bonchev–Trinajstić information content (AvgIpc) is 3.21. The Kier molecular flexibility index (Phi) is 4.54. The minimum absolute atomic E-state index is 0.187. The van der Waals surface area contributed by atoms with Crippen molar-refractivity contribution in [1.82, 2.24) is 14.7 Å². The van der Waals surface area contributed by atoms with Crippen LogP contribution in [0.4, 0.5) is 4.39 Å². The summed E-state index contributed by atoms with van der Waals surface area (Å²) in [6.07, 6.45) is 1.76. The molecule has 132 valence electrons. The fourth-order valence-electron chi connectivity index (χ4n) is 3.06. The van der Waals surface area contributed by atoms with Gasteiger partial charge in [0.05, 0.1) is 11.8 Å². The Morgan fingerprint density at radius 1 is 1.36 bits per heavy atom. The molecule has 2 amide bonds. The van der Waals surface area contributed by atoms with Crippen LogP contribution in [-0.2, 0) is 9.53 Å². The Bertz CT molecular complexity index is 820. The number of rotatable bonds is 4. The van der Waals surface area contributed by atoms with Crippen LogP contribution in [0.2, 0.25) is 0 Å². The van der Waals surface area contributed by atoms with Crippen LogP contribution in [0, 0.1) is 12.7 Å². The molecule has 0 bridgehead atoms. The van der Waals surface area contributed by atoms with Crippen molar-refractivity contribution in [3.63, 3.8) is 0 Å². The molecule has 0 unspecified atom stereocenters. The minimum atomic E-state index is -0.713. The standard InChI is InChI=1S/C17H19FN4O3/c1-10-7-11(18)3-4-14(10)22-6-5-13(20-22)17(24)21-9-12(25-2)8-15(21)16(19)23/h3-7,12,15H,8-9H2,1-2H3,(H2,19,23)/t12-,15-/m0/s1. The first-order valence-corrected chi connectivity index (χ1v) is 7.86. The summed E-state index contributed by atoms with van der Waals surface area (Å²) in [5.74, 6) is -1.29. The maximum absolute atomic E-state index is 13.2. The molecule has 0 aliphatic carbocycles. The third-order valence-corrected chi connectivity index (χ3v) is 4.40. The molecule has 7 nitrogen and oxygen atoms in total. The van der Waals surface area contributed by atoms with E-state index in [0.717, 1.165) is 0 Å². The highest BCUT2D eigenvalue weighted by molar-refractivity contribution is 5.96. The van der Waals surface area contributed by atoms with Crippen LogP contribution >= 0.6 is 0 Å². The summed E-state index contributed by atoms with van der Waals surface area (Å²) in [7, 11) is 1.53. The first kappa shape index (κ1) is 17.1. The number of carbonyl (C=O) groups excluding carboxylic acids is 2. The van der Waals surface area contributed by atoms with E-state index in [1.165, 1.54) is 28.8 Å². The second kappa shape index (κ2) is 6.64. The number of aryl methyl sites for hydroxylation is 1. The summed E-state index contributed by atoms with van der Waals surface area (Å²) in [6.45, 7) is 2.04. The molecule has 2 heterocycles. The molecule has 1 aliphatic rings. The molecule has 2 N–H and O–H groups in total. The van der Waals surface area contributed by atoms with Gasteiger partial charge in [-0.15, -0.1) is 0 Å². The number of ether oxygens (including phenoxy) is 1. The van der Waals surface area contributed by atoms with Gasteiger partial charge in [-0.3, -0.25) is 9.59 Å². The van der Waals surface area contributed by atoms with Crippen molar-refractivity contribution in [1.29, 1.82) is 0 Å². The number of carbonyl (C=O) groups is 2. The minimum Gasteiger partial charge on any atom is -0.380 e. The molecule has 8 heteroatoms. The predicted octanol–water partition coefficient (Wildman–Crippen LogP) is 1.03. The largest absolute Gasteiger partial charge is 0.380 e. The number of hydrogen-bond acceptors (Lipinski definition) is 4. The van der Waals surface area contributed by atoms with Gasteiger partial charge in [0.1, 0.15) is 11.9 Å². The lowest BCUT2D eigenvalue weighted by Gasteiger charge is -2.20. The normalized spacial score (nSPS) is 20.0. The van der Waals surface area contributed by atoms with Gasteiger partial charge < -0.3 is 15.4 Å². The zero-order chi connectivity index (χ0) is 18.1. The molecule has 1 aliphatic heterocycles. The summed E-state index contributed by atoms with van der Waals surface area (Å²) in [4.78, 5) is 25.7. The molecule has 2 aromatic rings. The van der Waals surface area contributed by atoms with Crippen molar-refractivity contribution in [2.45, 2.75) is 25.5 Å². The van der Waals surface area contributed by atoms with Crippen LogP contribution in [0.15, 0.2) is 30.5 Å². The van der Waals surface area contributed by atoms with Crippen molar-refractivity contribution in [3.05, 3.63) is 47.5 Å². The van der Waals surface area contributed by atoms with Gasteiger partial charge >= 0.3 is 0 Å². The number of nitrogens with two attached hydrogens (primary N) is 1. The van der Waals surface area contributed by atoms with E-state index in [1.54, 1.807) is 25.3 Å². The molecule has 1 aromatic carbocycles. The number of primary amides is 1. The van der Waals surface area contributed by atoms with E-state index < -0.39 is 11.9 Å². The monoisotopic (exact) mass is 346 g/mol. The topological polar surface area (TPSA) is 90.5 Å². The van der Waals surface area contributed by atoms with Crippen LogP contribution in [0.5, 0.6) is 0 Å². The number of aromatic nitrogens is 2. The van der Waals surface area contributed by atoms with Crippen molar-refractivity contribution in [3.8, 4) is 5.69 Å². The van der Waals surface area contributed by atoms with Gasteiger partial charge in [0, 0.05) is 26.3 Å². The Morgan fingerprint density at radius 3 is 2.76 bits per heavy atom. The van der Waals surface area contributed by atoms with E-state index in [9.17, 15) is 14.0 Å². The van der Waals surface area contributed by atoms with Gasteiger partial charge in [-0.2, -0.15) is 5.10 Å². The highest BCUT2D eigenvalue weighted by atomic mass is 19.1. The van der Waals surface area contributed by atoms with Crippen molar-refractivity contribution < 1.29 is 18.7 Å². The molecule has 25 heavy (non-hydrogen) atoms. The van der Waals surface area contributed by atoms with Crippen molar-refractivity contribution >= 4 is 11.8 Å². The molecule has 2 atom stereocenters. The van der Waals surface area contributed by atoms with E-state index in [2.05, 4.69) is 5.10 Å². The number of nitrogens with zero attached hydrogens (tertiary/aromatic N) is 3. The lowest BCUT2D eigenvalue weighted by Crippen LogP contribution is -2.43. The fourth-order valence-corrected chi connectivity index (χ4v) is 3.06. The summed E-state index contributed by atoms with van der Waals surface area (Å²) in [5, 5.41) is 4.27. The maximum Gasteiger partial charge on any atom is 0.275 e. The smallest absolute Gasteiger partial charge is 0.275 e. The first-order valence-electron chi connectivity index (χ1n) is 7.86. The summed E-state index contributed by atoms with van der Waals surface area (Å²) in [5.41, 5.74) is 6.95. The Balaban J connectivity index is 1.86. The second-order valence-corrected chi connectivity index (χ2v) is 6.05. The Hall–Kier alpha value is -2.74. The highest BCUT2D eigenvalue weighted by Crippen LogP contribution is 2.22. The van der Waals surface area contributed by atoms with Gasteiger partial charge in [0.2, 0.25) is 5.91 Å². The van der Waals surface area contributed by atoms with Crippen LogP contribution < -0.4 is 5.73 Å². The molecular formula is C17H19FN4O3. The average molecular weight is 346 g/mol. The molecule has 1 saturated heterocycles. The van der Waals surface area contributed by atoms with Crippen molar-refractivity contribution in [2.24, 2.45) is 5.73 Å². The number of methoxy groups -OCH3 is 1. The third kappa shape index (κ3) is 3.25. The molecule has 3 rings (SSSR count). The van der Waals surface area contributed by atoms with E-state index in [-0.39, 0.29) is 30.1 Å². The van der Waals surface area contributed by atoms with Crippen LogP contribution in [0.25, 0.3) is 5.69 Å². The van der Waals surface area contributed by atoms with E-state index in [0.29, 0.717) is 17.7 Å². The van der Waals surface area contributed by atoms with Crippen LogP contribution in [0.3, 0.4) is 0 Å². The zero-order valence-electron chi connectivity index (χ0n) is 14.0. The van der Waals surface area contributed by atoms with Gasteiger partial charge in [-0.25, -0.2) is 9.07 Å². The van der Waals surface area contributed by atoms with Crippen LogP contribution in [-0.4, -0.2) is 52.3 Å². The van der Waals surface area contributed by atoms with Crippen LogP contribution in [0.1, 0.15) is 22.5 Å². The van der Waals surface area contributed by atoms with E-state index in [1.807, 2.05) is 0 Å². The van der Waals surface area contributed by atoms with E-state index >= 15 is 0 Å². The molecule has 0 radical (unpaired) electrons. The Labute approximate surface area is 144 Å². The SMILES string of the molecule is CO[C@H]1C[C@@H](C(N)=O)N(C(=O)c2ccn(-c3ccc(F)cc3C)n2)C1. The third-order valence-electron chi connectivity index (χ3n) is 4.40. The molecule has 0 spiro atoms. The number of benzene rings is 1. The molecule has 1 aromatic heterocycles. The quantitative estimate of drug-likeness (QED) is 0.895. The molecular weight excluding hydrogens is 327 g/mol. The van der Waals surface area contributed by atoms with Gasteiger partial charge in [0.15, 0.2) is 5.69 Å². The number of hydrogen-bond donors (Lipinski definition) is 1. The summed E-state index contributed by atoms with van der Waals surface area (Å²) in [6, 6.07) is 5.16. The highest BCUT2D eigenvalue weighted by Gasteiger charge is 2.39. The van der Waals surface area contributed by atoms with Gasteiger partial charge in [-0.1, -0.05) is 0 Å². The lowest BCUT2D eigenvalue weighted by molar-refractivity contribution is -0.121. The first-order chi connectivity index (χ1) is 11.9.